The van der Waals surface area contributed by atoms with Gasteiger partial charge in [-0.25, -0.2) is 4.90 Å². The fraction of sp³-hybridized carbons (Fsp3) is 0.182. The van der Waals surface area contributed by atoms with Crippen LogP contribution in [-0.4, -0.2) is 42.8 Å². The first-order chi connectivity index (χ1) is 19.5. The Kier molecular flexibility index (Phi) is 5.49. The van der Waals surface area contributed by atoms with Crippen molar-refractivity contribution in [2.75, 3.05) is 19.1 Å². The number of carbonyl (C=O) groups is 3. The molecule has 0 aromatic heterocycles. The van der Waals surface area contributed by atoms with E-state index in [0.29, 0.717) is 22.7 Å². The molecule has 0 N–H and O–H groups in total. The molecule has 7 rings (SSSR count). The number of methoxy groups -OCH3 is 2. The van der Waals surface area contributed by atoms with Gasteiger partial charge in [-0.3, -0.25) is 14.4 Å². The largest absolute Gasteiger partial charge is 0.493 e. The van der Waals surface area contributed by atoms with Crippen molar-refractivity contribution >= 4 is 40.1 Å². The molecule has 0 bridgehead atoms. The van der Waals surface area contributed by atoms with Gasteiger partial charge in [0.25, 0.3) is 0 Å². The number of rotatable bonds is 5. The molecule has 4 aromatic carbocycles. The van der Waals surface area contributed by atoms with Gasteiger partial charge < -0.3 is 14.4 Å². The first-order valence-corrected chi connectivity index (χ1v) is 13.2. The predicted octanol–water partition coefficient (Wildman–Crippen LogP) is 5.26. The number of nitrogens with zero attached hydrogens (tertiary/aromatic N) is 2. The Bertz CT molecular complexity index is 1740. The number of benzene rings is 4. The number of Topliss-reactive ketones (excluding diaryl/α,β-unsaturated/α-hetero) is 1. The van der Waals surface area contributed by atoms with Gasteiger partial charge in [0.15, 0.2) is 17.3 Å². The molecule has 0 radical (unpaired) electrons. The van der Waals surface area contributed by atoms with Crippen LogP contribution in [0.3, 0.4) is 0 Å². The number of ether oxygens (including phenoxy) is 2. The maximum absolute atomic E-state index is 14.2. The highest BCUT2D eigenvalue weighted by Gasteiger charge is 2.64. The van der Waals surface area contributed by atoms with Crippen molar-refractivity contribution < 1.29 is 23.9 Å². The van der Waals surface area contributed by atoms with Crippen LogP contribution in [0.5, 0.6) is 11.5 Å². The maximum Gasteiger partial charge on any atom is 0.240 e. The quantitative estimate of drug-likeness (QED) is 0.259. The fourth-order valence-corrected chi connectivity index (χ4v) is 6.59. The summed E-state index contributed by atoms with van der Waals surface area (Å²) in [6.45, 7) is 0. The first-order valence-electron chi connectivity index (χ1n) is 13.2. The molecule has 0 unspecified atom stereocenters. The Labute approximate surface area is 231 Å². The van der Waals surface area contributed by atoms with E-state index >= 15 is 0 Å². The van der Waals surface area contributed by atoms with Gasteiger partial charge in [0.1, 0.15) is 6.04 Å². The van der Waals surface area contributed by atoms with Crippen LogP contribution in [0, 0.1) is 11.8 Å². The summed E-state index contributed by atoms with van der Waals surface area (Å²) in [6, 6.07) is 24.9. The number of hydrogen-bond donors (Lipinski definition) is 0. The van der Waals surface area contributed by atoms with E-state index in [0.717, 1.165) is 21.9 Å². The zero-order valence-corrected chi connectivity index (χ0v) is 22.0. The highest BCUT2D eigenvalue weighted by Crippen LogP contribution is 2.54. The second-order valence-electron chi connectivity index (χ2n) is 10.3. The lowest BCUT2D eigenvalue weighted by Crippen LogP contribution is -2.44. The number of hydrogen-bond acceptors (Lipinski definition) is 6. The molecule has 0 saturated carbocycles. The van der Waals surface area contributed by atoms with Gasteiger partial charge in [-0.05, 0) is 58.3 Å². The van der Waals surface area contributed by atoms with Crippen LogP contribution in [0.25, 0.3) is 16.8 Å². The fourth-order valence-electron chi connectivity index (χ4n) is 6.59. The van der Waals surface area contributed by atoms with Crippen molar-refractivity contribution in [3.05, 3.63) is 108 Å². The molecule has 3 aliphatic heterocycles. The first kappa shape index (κ1) is 24.2. The van der Waals surface area contributed by atoms with Gasteiger partial charge in [-0.2, -0.15) is 0 Å². The Balaban J connectivity index is 1.36. The second-order valence-corrected chi connectivity index (χ2v) is 10.3. The predicted molar refractivity (Wildman–Crippen MR) is 151 cm³/mol. The average Bonchev–Trinajstić information content (AvgIpc) is 3.48. The van der Waals surface area contributed by atoms with Crippen molar-refractivity contribution in [2.24, 2.45) is 11.8 Å². The summed E-state index contributed by atoms with van der Waals surface area (Å²) in [6.07, 6.45) is 3.80. The van der Waals surface area contributed by atoms with Crippen molar-refractivity contribution in [2.45, 2.75) is 12.1 Å². The molecule has 40 heavy (non-hydrogen) atoms. The third-order valence-corrected chi connectivity index (χ3v) is 8.39. The van der Waals surface area contributed by atoms with Crippen molar-refractivity contribution in [1.82, 2.24) is 4.90 Å². The smallest absolute Gasteiger partial charge is 0.240 e. The molecule has 198 valence electrons. The molecule has 0 spiro atoms. The topological polar surface area (TPSA) is 76.2 Å². The van der Waals surface area contributed by atoms with Crippen molar-refractivity contribution in [3.8, 4) is 11.5 Å². The van der Waals surface area contributed by atoms with Crippen LogP contribution in [0.1, 0.15) is 27.5 Å². The minimum Gasteiger partial charge on any atom is -0.493 e. The lowest BCUT2D eigenvalue weighted by Gasteiger charge is -2.35. The van der Waals surface area contributed by atoms with E-state index in [4.69, 9.17) is 9.47 Å². The minimum absolute atomic E-state index is 0.246. The normalized spacial score (nSPS) is 22.8. The molecule has 3 aliphatic rings. The van der Waals surface area contributed by atoms with Gasteiger partial charge in [0, 0.05) is 11.8 Å². The van der Waals surface area contributed by atoms with Crippen LogP contribution >= 0.6 is 0 Å². The van der Waals surface area contributed by atoms with Gasteiger partial charge >= 0.3 is 0 Å². The van der Waals surface area contributed by atoms with Gasteiger partial charge in [0.2, 0.25) is 11.8 Å². The Morgan fingerprint density at radius 2 is 1.48 bits per heavy atom. The van der Waals surface area contributed by atoms with Crippen LogP contribution in [0.4, 0.5) is 5.69 Å². The van der Waals surface area contributed by atoms with Crippen molar-refractivity contribution in [3.63, 3.8) is 0 Å². The Morgan fingerprint density at radius 1 is 0.750 bits per heavy atom. The summed E-state index contributed by atoms with van der Waals surface area (Å²) in [5, 5.41) is 1.95. The van der Waals surface area contributed by atoms with Crippen LogP contribution in [0.15, 0.2) is 91.1 Å². The highest BCUT2D eigenvalue weighted by atomic mass is 16.5. The molecular formula is C33H26N2O5. The van der Waals surface area contributed by atoms with Crippen LogP contribution in [-0.2, 0) is 9.59 Å². The maximum atomic E-state index is 14.2. The van der Waals surface area contributed by atoms with E-state index in [2.05, 4.69) is 0 Å². The van der Waals surface area contributed by atoms with E-state index < -0.39 is 23.9 Å². The van der Waals surface area contributed by atoms with Crippen LogP contribution < -0.4 is 14.4 Å². The number of ketones is 1. The monoisotopic (exact) mass is 530 g/mol. The average molecular weight is 531 g/mol. The van der Waals surface area contributed by atoms with E-state index in [1.54, 1.807) is 24.3 Å². The molecule has 7 heteroatoms. The van der Waals surface area contributed by atoms with E-state index in [1.807, 2.05) is 77.8 Å². The van der Waals surface area contributed by atoms with E-state index in [9.17, 15) is 14.4 Å². The molecule has 4 atom stereocenters. The SMILES string of the molecule is COc1ccc(C(=O)[C@@H]2[C@@H]3C(=O)N(c4ccc5ccccc5c4)C(=O)[C@@H]3[C@@H]3c4ccccc4C=CN23)cc1OC. The zero-order valence-electron chi connectivity index (χ0n) is 22.0. The Hall–Kier alpha value is -4.91. The number of amides is 2. The standard InChI is InChI=1S/C33H26N2O5/c1-39-25-14-12-22(18-26(25)40-2)31(36)30-28-27(29-24-10-6-5-8-20(24)15-16-34(29)30)32(37)35(33(28)38)23-13-11-19-7-3-4-9-21(19)17-23/h3-18,27-30H,1-2H3/t27-,28+,29-,30-/m0/s1. The molecular weight excluding hydrogens is 504 g/mol. The summed E-state index contributed by atoms with van der Waals surface area (Å²) in [7, 11) is 3.05. The zero-order chi connectivity index (χ0) is 27.5. The lowest BCUT2D eigenvalue weighted by molar-refractivity contribution is -0.123. The molecule has 3 heterocycles. The highest BCUT2D eigenvalue weighted by molar-refractivity contribution is 6.25. The molecule has 7 nitrogen and oxygen atoms in total. The van der Waals surface area contributed by atoms with E-state index in [-0.39, 0.29) is 17.6 Å². The van der Waals surface area contributed by atoms with E-state index in [1.165, 1.54) is 19.1 Å². The lowest BCUT2D eigenvalue weighted by atomic mass is 9.83. The molecule has 2 fully saturated rings. The molecule has 4 aromatic rings. The van der Waals surface area contributed by atoms with Gasteiger partial charge in [-0.1, -0.05) is 54.6 Å². The summed E-state index contributed by atoms with van der Waals surface area (Å²) < 4.78 is 10.8. The van der Waals surface area contributed by atoms with Gasteiger partial charge in [-0.15, -0.1) is 0 Å². The van der Waals surface area contributed by atoms with Crippen molar-refractivity contribution in [1.29, 1.82) is 0 Å². The summed E-state index contributed by atoms with van der Waals surface area (Å²) >= 11 is 0. The number of carbonyl (C=O) groups excluding carboxylic acids is 3. The number of fused-ring (bicyclic) bond motifs is 6. The third-order valence-electron chi connectivity index (χ3n) is 8.39. The Morgan fingerprint density at radius 3 is 2.27 bits per heavy atom. The summed E-state index contributed by atoms with van der Waals surface area (Å²) in [5.41, 5.74) is 2.82. The molecule has 2 amide bonds. The second kappa shape index (κ2) is 9.09. The molecule has 2 saturated heterocycles. The summed E-state index contributed by atoms with van der Waals surface area (Å²) in [5.74, 6) is -1.52. The number of anilines is 1. The minimum atomic E-state index is -0.861. The third kappa shape index (κ3) is 3.40. The summed E-state index contributed by atoms with van der Waals surface area (Å²) in [4.78, 5) is 45.8. The molecule has 0 aliphatic carbocycles. The number of imide groups is 1. The van der Waals surface area contributed by atoms with Gasteiger partial charge in [0.05, 0.1) is 37.8 Å². The van der Waals surface area contributed by atoms with Crippen LogP contribution in [0.2, 0.25) is 0 Å².